The van der Waals surface area contributed by atoms with Gasteiger partial charge in [0, 0.05) is 40.9 Å². The van der Waals surface area contributed by atoms with Crippen LogP contribution < -0.4 is 10.6 Å². The third kappa shape index (κ3) is 6.69. The first-order chi connectivity index (χ1) is 19.4. The fraction of sp³-hybridized carbons (Fsp3) is 0.286. The summed E-state index contributed by atoms with van der Waals surface area (Å²) in [5.74, 6) is 0.763. The predicted octanol–water partition coefficient (Wildman–Crippen LogP) is 5.23. The lowest BCUT2D eigenvalue weighted by atomic mass is 9.92. The Labute approximate surface area is 239 Å². The van der Waals surface area contributed by atoms with E-state index < -0.39 is 4.92 Å². The minimum absolute atomic E-state index is 0.0465. The average molecular weight is 605 g/mol. The molecule has 0 spiro atoms. The van der Waals surface area contributed by atoms with Crippen LogP contribution in [0, 0.1) is 16.0 Å². The Morgan fingerprint density at radius 2 is 1.98 bits per heavy atom. The largest absolute Gasteiger partial charge is 0.384 e. The topological polar surface area (TPSA) is 131 Å². The van der Waals surface area contributed by atoms with E-state index in [0.29, 0.717) is 36.1 Å². The van der Waals surface area contributed by atoms with Crippen LogP contribution >= 0.6 is 15.9 Å². The van der Waals surface area contributed by atoms with E-state index in [-0.39, 0.29) is 11.7 Å². The Balaban J connectivity index is 1.14. The van der Waals surface area contributed by atoms with E-state index in [1.807, 2.05) is 48.5 Å². The molecular formula is C28H29BrN8O3. The lowest BCUT2D eigenvalue weighted by Crippen LogP contribution is -2.34. The third-order valence-corrected chi connectivity index (χ3v) is 7.52. The first-order valence-corrected chi connectivity index (χ1v) is 13.8. The minimum Gasteiger partial charge on any atom is -0.358 e. The molecule has 11 nitrogen and oxygen atoms in total. The van der Waals surface area contributed by atoms with Crippen LogP contribution in [0.3, 0.4) is 0 Å². The van der Waals surface area contributed by atoms with Gasteiger partial charge in [0.1, 0.15) is 17.8 Å². The number of nitrogens with zero attached hydrogens (tertiary/aromatic N) is 6. The summed E-state index contributed by atoms with van der Waals surface area (Å²) in [6.45, 7) is 2.42. The van der Waals surface area contributed by atoms with Crippen molar-refractivity contribution >= 4 is 55.8 Å². The molecule has 206 valence electrons. The highest BCUT2D eigenvalue weighted by molar-refractivity contribution is 9.10. The number of halogens is 1. The molecule has 5 rings (SSSR count). The number of likely N-dealkylation sites (tertiary alicyclic amines) is 1. The van der Waals surface area contributed by atoms with Gasteiger partial charge in [0.15, 0.2) is 0 Å². The van der Waals surface area contributed by atoms with Crippen LogP contribution in [0.5, 0.6) is 0 Å². The molecule has 3 heterocycles. The fourth-order valence-corrected chi connectivity index (χ4v) is 5.31. The molecule has 2 N–H and O–H groups in total. The summed E-state index contributed by atoms with van der Waals surface area (Å²) in [7, 11) is 1.80. The molecular weight excluding hydrogens is 576 g/mol. The van der Waals surface area contributed by atoms with Gasteiger partial charge in [0.05, 0.1) is 5.52 Å². The molecule has 1 saturated heterocycles. The number of carbonyl (C=O) groups excluding carboxylic acids is 1. The number of carbonyl (C=O) groups is 1. The van der Waals surface area contributed by atoms with Crippen molar-refractivity contribution in [1.29, 1.82) is 0 Å². The number of aryl methyl sites for hydroxylation is 1. The van der Waals surface area contributed by atoms with Crippen LogP contribution in [0.15, 0.2) is 71.7 Å². The summed E-state index contributed by atoms with van der Waals surface area (Å²) in [6, 6.07) is 13.3. The number of nitro groups is 1. The van der Waals surface area contributed by atoms with E-state index in [2.05, 4.69) is 46.4 Å². The molecule has 0 unspecified atom stereocenters. The SMILES string of the molecule is Cn1cnc([N+](=O)[O-])c1CC1CCN(C/C=C/C(=O)Nc2ccc3ncnc(Nc4cccc(Br)c4)c3c2)CC1. The normalized spacial score (nSPS) is 14.6. The van der Waals surface area contributed by atoms with Crippen molar-refractivity contribution in [1.82, 2.24) is 24.4 Å². The van der Waals surface area contributed by atoms with E-state index in [1.54, 1.807) is 17.7 Å². The van der Waals surface area contributed by atoms with Crippen molar-refractivity contribution in [3.8, 4) is 0 Å². The van der Waals surface area contributed by atoms with Crippen LogP contribution in [0.1, 0.15) is 18.5 Å². The van der Waals surface area contributed by atoms with Crippen LogP contribution in [-0.2, 0) is 18.3 Å². The summed E-state index contributed by atoms with van der Waals surface area (Å²) in [6.07, 6.45) is 8.97. The van der Waals surface area contributed by atoms with Crippen molar-refractivity contribution in [3.63, 3.8) is 0 Å². The zero-order valence-corrected chi connectivity index (χ0v) is 23.5. The van der Waals surface area contributed by atoms with Gasteiger partial charge in [-0.2, -0.15) is 0 Å². The van der Waals surface area contributed by atoms with Crippen LogP contribution in [0.25, 0.3) is 10.9 Å². The zero-order chi connectivity index (χ0) is 28.1. The molecule has 0 saturated carbocycles. The molecule has 0 bridgehead atoms. The maximum Gasteiger partial charge on any atom is 0.384 e. The van der Waals surface area contributed by atoms with Crippen molar-refractivity contribution < 1.29 is 9.72 Å². The van der Waals surface area contributed by atoms with E-state index in [0.717, 1.165) is 47.0 Å². The predicted molar refractivity (Wildman–Crippen MR) is 157 cm³/mol. The summed E-state index contributed by atoms with van der Waals surface area (Å²) in [4.78, 5) is 38.4. The Morgan fingerprint density at radius 1 is 1.15 bits per heavy atom. The highest BCUT2D eigenvalue weighted by atomic mass is 79.9. The Kier molecular flexibility index (Phi) is 8.46. The zero-order valence-electron chi connectivity index (χ0n) is 22.0. The van der Waals surface area contributed by atoms with Gasteiger partial charge in [-0.05, 0) is 84.6 Å². The lowest BCUT2D eigenvalue weighted by Gasteiger charge is -2.31. The second-order valence-electron chi connectivity index (χ2n) is 9.81. The van der Waals surface area contributed by atoms with Gasteiger partial charge in [0.2, 0.25) is 12.2 Å². The van der Waals surface area contributed by atoms with Crippen molar-refractivity contribution in [3.05, 3.63) is 87.6 Å². The van der Waals surface area contributed by atoms with Gasteiger partial charge in [-0.25, -0.2) is 9.97 Å². The Bertz CT molecular complexity index is 1560. The van der Waals surface area contributed by atoms with Gasteiger partial charge in [0.25, 0.3) is 0 Å². The second-order valence-corrected chi connectivity index (χ2v) is 10.7. The lowest BCUT2D eigenvalue weighted by molar-refractivity contribution is -0.390. The molecule has 40 heavy (non-hydrogen) atoms. The number of anilines is 3. The van der Waals surface area contributed by atoms with E-state index in [4.69, 9.17) is 0 Å². The quantitative estimate of drug-likeness (QED) is 0.151. The minimum atomic E-state index is -0.411. The number of amides is 1. The Hall–Kier alpha value is -4.16. The number of piperidine rings is 1. The molecule has 2 aromatic heterocycles. The van der Waals surface area contributed by atoms with Crippen molar-refractivity contribution in [2.75, 3.05) is 30.3 Å². The molecule has 2 aromatic carbocycles. The van der Waals surface area contributed by atoms with Crippen molar-refractivity contribution in [2.45, 2.75) is 19.3 Å². The first kappa shape index (κ1) is 27.4. The molecule has 12 heteroatoms. The number of aromatic nitrogens is 4. The summed E-state index contributed by atoms with van der Waals surface area (Å²) in [5, 5.41) is 18.3. The molecule has 1 amide bonds. The number of nitrogens with one attached hydrogen (secondary N) is 2. The molecule has 1 aliphatic rings. The standard InChI is InChI=1S/C28H29BrN8O3/c1-35-18-32-28(37(39)40)25(35)14-19-9-12-36(13-10-19)11-3-6-26(38)33-22-7-8-24-23(16-22)27(31-17-30-24)34-21-5-2-4-20(29)15-21/h2-8,15-19H,9-14H2,1H3,(H,33,38)(H,30,31,34)/b6-3+. The van der Waals surface area contributed by atoms with Gasteiger partial charge < -0.3 is 25.3 Å². The fourth-order valence-electron chi connectivity index (χ4n) is 4.91. The number of hydrogen-bond donors (Lipinski definition) is 2. The first-order valence-electron chi connectivity index (χ1n) is 13.0. The number of benzene rings is 2. The van der Waals surface area contributed by atoms with Crippen LogP contribution in [-0.4, -0.2) is 54.9 Å². The molecule has 4 aromatic rings. The highest BCUT2D eigenvalue weighted by Gasteiger charge is 2.26. The highest BCUT2D eigenvalue weighted by Crippen LogP contribution is 2.28. The average Bonchev–Trinajstić information content (AvgIpc) is 3.30. The second kappa shape index (κ2) is 12.3. The molecule has 0 atom stereocenters. The van der Waals surface area contributed by atoms with Gasteiger partial charge >= 0.3 is 5.82 Å². The number of rotatable bonds is 9. The van der Waals surface area contributed by atoms with E-state index >= 15 is 0 Å². The van der Waals surface area contributed by atoms with Gasteiger partial charge in [-0.15, -0.1) is 0 Å². The van der Waals surface area contributed by atoms with Gasteiger partial charge in [-0.1, -0.05) is 28.1 Å². The molecule has 1 aliphatic heterocycles. The maximum atomic E-state index is 12.6. The summed E-state index contributed by atoms with van der Waals surface area (Å²) < 4.78 is 2.70. The Morgan fingerprint density at radius 3 is 2.75 bits per heavy atom. The summed E-state index contributed by atoms with van der Waals surface area (Å²) in [5.41, 5.74) is 2.98. The number of fused-ring (bicyclic) bond motifs is 1. The molecule has 1 fully saturated rings. The summed E-state index contributed by atoms with van der Waals surface area (Å²) >= 11 is 3.48. The molecule has 0 radical (unpaired) electrons. The van der Waals surface area contributed by atoms with Crippen molar-refractivity contribution in [2.24, 2.45) is 13.0 Å². The van der Waals surface area contributed by atoms with Crippen LogP contribution in [0.2, 0.25) is 0 Å². The third-order valence-electron chi connectivity index (χ3n) is 7.02. The maximum absolute atomic E-state index is 12.6. The number of imidazole rings is 1. The van der Waals surface area contributed by atoms with Crippen LogP contribution in [0.4, 0.5) is 23.0 Å². The monoisotopic (exact) mass is 604 g/mol. The molecule has 0 aliphatic carbocycles. The smallest absolute Gasteiger partial charge is 0.358 e. The van der Waals surface area contributed by atoms with E-state index in [9.17, 15) is 14.9 Å². The van der Waals surface area contributed by atoms with E-state index in [1.165, 1.54) is 12.7 Å². The number of hydrogen-bond acceptors (Lipinski definition) is 8. The van der Waals surface area contributed by atoms with Gasteiger partial charge in [-0.3, -0.25) is 9.69 Å².